The number of aryl methyl sites for hydroxylation is 1. The van der Waals surface area contributed by atoms with Crippen LogP contribution in [0.25, 0.3) is 33.0 Å². The van der Waals surface area contributed by atoms with Crippen molar-refractivity contribution in [2.24, 2.45) is 0 Å². The lowest BCUT2D eigenvalue weighted by atomic mass is 9.97. The fourth-order valence-corrected chi connectivity index (χ4v) is 3.51. The number of benzene rings is 4. The first-order valence-corrected chi connectivity index (χ1v) is 9.62. The lowest BCUT2D eigenvalue weighted by Crippen LogP contribution is -1.86. The number of fused-ring (bicyclic) bond motifs is 1. The molecule has 0 bridgehead atoms. The van der Waals surface area contributed by atoms with Gasteiger partial charge in [-0.2, -0.15) is 0 Å². The van der Waals surface area contributed by atoms with Crippen molar-refractivity contribution in [2.75, 3.05) is 0 Å². The van der Waals surface area contributed by atoms with Crippen LogP contribution in [0.5, 0.6) is 0 Å². The summed E-state index contributed by atoms with van der Waals surface area (Å²) in [5, 5.41) is 2.57. The van der Waals surface area contributed by atoms with Gasteiger partial charge in [0.1, 0.15) is 5.82 Å². The van der Waals surface area contributed by atoms with E-state index >= 15 is 0 Å². The minimum absolute atomic E-state index is 0.204. The van der Waals surface area contributed by atoms with E-state index in [1.54, 1.807) is 0 Å². The van der Waals surface area contributed by atoms with Gasteiger partial charge in [-0.1, -0.05) is 80.1 Å². The van der Waals surface area contributed by atoms with Crippen molar-refractivity contribution in [1.29, 1.82) is 0 Å². The maximum Gasteiger partial charge on any atom is 0.123 e. The molecule has 4 aromatic carbocycles. The highest BCUT2D eigenvalue weighted by Crippen LogP contribution is 2.28. The molecule has 0 fully saturated rings. The molecule has 27 heavy (non-hydrogen) atoms. The minimum Gasteiger partial charge on any atom is -0.207 e. The zero-order chi connectivity index (χ0) is 18.6. The first kappa shape index (κ1) is 17.5. The molecule has 134 valence electrons. The van der Waals surface area contributed by atoms with Crippen LogP contribution in [0.15, 0.2) is 84.9 Å². The maximum atomic E-state index is 13.1. The third-order valence-corrected chi connectivity index (χ3v) is 5.12. The van der Waals surface area contributed by atoms with Crippen LogP contribution in [-0.2, 0) is 6.42 Å². The second-order valence-corrected chi connectivity index (χ2v) is 7.08. The van der Waals surface area contributed by atoms with E-state index in [2.05, 4.69) is 67.6 Å². The Balaban J connectivity index is 1.60. The molecular weight excluding hydrogens is 331 g/mol. The van der Waals surface area contributed by atoms with Crippen LogP contribution in [0.4, 0.5) is 4.39 Å². The highest BCUT2D eigenvalue weighted by atomic mass is 19.1. The van der Waals surface area contributed by atoms with Gasteiger partial charge in [-0.3, -0.25) is 0 Å². The van der Waals surface area contributed by atoms with Crippen LogP contribution in [0, 0.1) is 5.82 Å². The van der Waals surface area contributed by atoms with E-state index in [9.17, 15) is 4.39 Å². The number of halogens is 1. The van der Waals surface area contributed by atoms with Gasteiger partial charge in [-0.15, -0.1) is 0 Å². The highest BCUT2D eigenvalue weighted by molar-refractivity contribution is 5.88. The van der Waals surface area contributed by atoms with E-state index in [4.69, 9.17) is 0 Å². The summed E-state index contributed by atoms with van der Waals surface area (Å²) >= 11 is 0. The first-order chi connectivity index (χ1) is 13.2. The Labute approximate surface area is 160 Å². The van der Waals surface area contributed by atoms with Crippen LogP contribution in [0.2, 0.25) is 0 Å². The van der Waals surface area contributed by atoms with Gasteiger partial charge >= 0.3 is 0 Å². The van der Waals surface area contributed by atoms with Gasteiger partial charge in [0, 0.05) is 0 Å². The summed E-state index contributed by atoms with van der Waals surface area (Å²) in [7, 11) is 0. The van der Waals surface area contributed by atoms with Crippen molar-refractivity contribution < 1.29 is 4.39 Å². The Morgan fingerprint density at radius 2 is 1.11 bits per heavy atom. The van der Waals surface area contributed by atoms with Crippen molar-refractivity contribution in [2.45, 2.75) is 26.2 Å². The molecule has 0 N–H and O–H groups in total. The molecule has 0 amide bonds. The van der Waals surface area contributed by atoms with E-state index < -0.39 is 0 Å². The Morgan fingerprint density at radius 3 is 1.78 bits per heavy atom. The Kier molecular flexibility index (Phi) is 5.02. The summed E-state index contributed by atoms with van der Waals surface area (Å²) in [5.41, 5.74) is 5.95. The summed E-state index contributed by atoms with van der Waals surface area (Å²) in [5.74, 6) is -0.204. The maximum absolute atomic E-state index is 13.1. The molecule has 0 spiro atoms. The topological polar surface area (TPSA) is 0 Å². The van der Waals surface area contributed by atoms with Gasteiger partial charge in [-0.05, 0) is 69.6 Å². The third-order valence-electron chi connectivity index (χ3n) is 5.12. The second-order valence-electron chi connectivity index (χ2n) is 7.08. The van der Waals surface area contributed by atoms with Gasteiger partial charge in [0.05, 0.1) is 0 Å². The fraction of sp³-hybridized carbons (Fsp3) is 0.154. The van der Waals surface area contributed by atoms with Crippen LogP contribution < -0.4 is 0 Å². The lowest BCUT2D eigenvalue weighted by molar-refractivity contribution is 0.628. The SMILES string of the molecule is CCCCc1ccc2cc(-c3ccc(-c4ccc(F)cc4)cc3)ccc2c1. The average Bonchev–Trinajstić information content (AvgIpc) is 2.72. The zero-order valence-corrected chi connectivity index (χ0v) is 15.6. The molecular formula is C26H23F. The number of rotatable bonds is 5. The minimum atomic E-state index is -0.204. The molecule has 1 heteroatoms. The summed E-state index contributed by atoms with van der Waals surface area (Å²) in [4.78, 5) is 0. The molecule has 0 unspecified atom stereocenters. The molecule has 4 aromatic rings. The highest BCUT2D eigenvalue weighted by Gasteiger charge is 2.03. The van der Waals surface area contributed by atoms with E-state index in [1.807, 2.05) is 12.1 Å². The van der Waals surface area contributed by atoms with E-state index in [0.29, 0.717) is 0 Å². The van der Waals surface area contributed by atoms with E-state index in [0.717, 1.165) is 17.5 Å². The molecule has 0 atom stereocenters. The predicted octanol–water partition coefficient (Wildman–Crippen LogP) is 7.66. The summed E-state index contributed by atoms with van der Waals surface area (Å²) in [6, 6.07) is 28.6. The van der Waals surface area contributed by atoms with E-state index in [-0.39, 0.29) is 5.82 Å². The first-order valence-electron chi connectivity index (χ1n) is 9.62. The Bertz CT molecular complexity index is 1040. The van der Waals surface area contributed by atoms with Gasteiger partial charge in [0.15, 0.2) is 0 Å². The van der Waals surface area contributed by atoms with Gasteiger partial charge in [-0.25, -0.2) is 4.39 Å². The normalized spacial score (nSPS) is 11.0. The van der Waals surface area contributed by atoms with Crippen LogP contribution >= 0.6 is 0 Å². The molecule has 0 aliphatic rings. The number of hydrogen-bond acceptors (Lipinski definition) is 0. The average molecular weight is 354 g/mol. The van der Waals surface area contributed by atoms with Crippen LogP contribution in [0.3, 0.4) is 0 Å². The van der Waals surface area contributed by atoms with Crippen molar-refractivity contribution in [1.82, 2.24) is 0 Å². The largest absolute Gasteiger partial charge is 0.207 e. The van der Waals surface area contributed by atoms with Gasteiger partial charge in [0.25, 0.3) is 0 Å². The third kappa shape index (κ3) is 3.93. The Morgan fingerprint density at radius 1 is 0.593 bits per heavy atom. The monoisotopic (exact) mass is 354 g/mol. The fourth-order valence-electron chi connectivity index (χ4n) is 3.51. The molecule has 0 aromatic heterocycles. The molecule has 0 saturated heterocycles. The molecule has 0 heterocycles. The molecule has 0 aliphatic carbocycles. The molecule has 0 nitrogen and oxygen atoms in total. The number of unbranched alkanes of at least 4 members (excludes halogenated alkanes) is 1. The lowest BCUT2D eigenvalue weighted by Gasteiger charge is -2.08. The summed E-state index contributed by atoms with van der Waals surface area (Å²) in [6.45, 7) is 2.23. The molecule has 0 saturated carbocycles. The zero-order valence-electron chi connectivity index (χ0n) is 15.6. The van der Waals surface area contributed by atoms with Crippen molar-refractivity contribution in [3.63, 3.8) is 0 Å². The molecule has 4 rings (SSSR count). The van der Waals surface area contributed by atoms with Crippen molar-refractivity contribution in [3.8, 4) is 22.3 Å². The van der Waals surface area contributed by atoms with Gasteiger partial charge < -0.3 is 0 Å². The van der Waals surface area contributed by atoms with Gasteiger partial charge in [0.2, 0.25) is 0 Å². The molecule has 0 radical (unpaired) electrons. The summed E-state index contributed by atoms with van der Waals surface area (Å²) in [6.07, 6.45) is 3.62. The number of hydrogen-bond donors (Lipinski definition) is 0. The smallest absolute Gasteiger partial charge is 0.123 e. The van der Waals surface area contributed by atoms with Crippen molar-refractivity contribution in [3.05, 3.63) is 96.3 Å². The second kappa shape index (κ2) is 7.75. The van der Waals surface area contributed by atoms with Crippen molar-refractivity contribution >= 4 is 10.8 Å². The summed E-state index contributed by atoms with van der Waals surface area (Å²) < 4.78 is 13.1. The molecule has 0 aliphatic heterocycles. The van der Waals surface area contributed by atoms with E-state index in [1.165, 1.54) is 52.4 Å². The van der Waals surface area contributed by atoms with Crippen LogP contribution in [0.1, 0.15) is 25.3 Å². The Hall–Kier alpha value is -2.93. The quantitative estimate of drug-likeness (QED) is 0.345. The standard InChI is InChI=1S/C26H23F/c1-2-3-4-19-5-6-25-18-24(12-11-23(25)17-19)22-9-7-20(8-10-22)21-13-15-26(27)16-14-21/h5-18H,2-4H2,1H3. The predicted molar refractivity (Wildman–Crippen MR) is 113 cm³/mol. The van der Waals surface area contributed by atoms with Crippen LogP contribution in [-0.4, -0.2) is 0 Å².